The molecule has 0 saturated carbocycles. The van der Waals surface area contributed by atoms with E-state index in [0.29, 0.717) is 60.7 Å². The van der Waals surface area contributed by atoms with Crippen LogP contribution in [0.1, 0.15) is 11.1 Å². The third-order valence-electron chi connectivity index (χ3n) is 6.49. The first-order valence-electron chi connectivity index (χ1n) is 12.4. The molecule has 0 bridgehead atoms. The predicted molar refractivity (Wildman–Crippen MR) is 145 cm³/mol. The van der Waals surface area contributed by atoms with Gasteiger partial charge < -0.3 is 9.47 Å². The molecular formula is C27H14F6N4O10. The lowest BCUT2D eigenvalue weighted by Gasteiger charge is -2.38. The molecule has 0 aliphatic heterocycles. The Morgan fingerprint density at radius 2 is 0.681 bits per heavy atom. The molecule has 0 unspecified atom stereocenters. The lowest BCUT2D eigenvalue weighted by molar-refractivity contribution is -0.394. The van der Waals surface area contributed by atoms with Gasteiger partial charge in [-0.2, -0.15) is 26.3 Å². The summed E-state index contributed by atoms with van der Waals surface area (Å²) in [4.78, 5) is 40.5. The molecule has 4 aromatic carbocycles. The number of nitro benzene ring substituents is 4. The smallest absolute Gasteiger partial charge is 0.411 e. The minimum Gasteiger partial charge on any atom is -0.457 e. The first-order chi connectivity index (χ1) is 21.8. The molecule has 4 rings (SSSR count). The normalized spacial score (nSPS) is 11.9. The van der Waals surface area contributed by atoms with Gasteiger partial charge in [-0.25, -0.2) is 0 Å². The topological polar surface area (TPSA) is 191 Å². The van der Waals surface area contributed by atoms with Crippen molar-refractivity contribution in [1.82, 2.24) is 0 Å². The molecule has 0 radical (unpaired) electrons. The number of benzene rings is 4. The summed E-state index contributed by atoms with van der Waals surface area (Å²) >= 11 is 0. The van der Waals surface area contributed by atoms with Gasteiger partial charge in [0.25, 0.3) is 22.7 Å². The zero-order valence-corrected chi connectivity index (χ0v) is 22.7. The summed E-state index contributed by atoms with van der Waals surface area (Å²) in [6.45, 7) is 0. The summed E-state index contributed by atoms with van der Waals surface area (Å²) in [5.74, 6) is -1.84. The average Bonchev–Trinajstić information content (AvgIpc) is 2.97. The van der Waals surface area contributed by atoms with Gasteiger partial charge >= 0.3 is 12.4 Å². The van der Waals surface area contributed by atoms with Crippen LogP contribution in [0.3, 0.4) is 0 Å². The molecule has 0 amide bonds. The molecular weight excluding hydrogens is 654 g/mol. The number of nitrogens with zero attached hydrogens (tertiary/aromatic N) is 4. The summed E-state index contributed by atoms with van der Waals surface area (Å²) < 4.78 is 98.0. The van der Waals surface area contributed by atoms with Gasteiger partial charge in [0, 0.05) is 0 Å². The van der Waals surface area contributed by atoms with Crippen molar-refractivity contribution in [3.63, 3.8) is 0 Å². The van der Waals surface area contributed by atoms with E-state index in [1.165, 1.54) is 0 Å². The van der Waals surface area contributed by atoms with Crippen molar-refractivity contribution in [2.45, 2.75) is 17.8 Å². The van der Waals surface area contributed by atoms with Crippen LogP contribution in [0.2, 0.25) is 0 Å². The second-order valence-electron chi connectivity index (χ2n) is 9.40. The lowest BCUT2D eigenvalue weighted by Crippen LogP contribution is -2.54. The zero-order valence-electron chi connectivity index (χ0n) is 22.7. The average molecular weight is 668 g/mol. The fraction of sp³-hybridized carbons (Fsp3) is 0.111. The van der Waals surface area contributed by atoms with E-state index in [2.05, 4.69) is 0 Å². The van der Waals surface area contributed by atoms with Crippen LogP contribution in [0.4, 0.5) is 49.1 Å². The van der Waals surface area contributed by atoms with Crippen molar-refractivity contribution in [1.29, 1.82) is 0 Å². The van der Waals surface area contributed by atoms with E-state index in [1.54, 1.807) is 0 Å². The lowest BCUT2D eigenvalue weighted by atomic mass is 9.73. The summed E-state index contributed by atoms with van der Waals surface area (Å²) in [6.07, 6.45) is -12.0. The van der Waals surface area contributed by atoms with Crippen LogP contribution in [-0.2, 0) is 5.41 Å². The van der Waals surface area contributed by atoms with E-state index < -0.39 is 94.3 Å². The highest BCUT2D eigenvalue weighted by atomic mass is 19.4. The second-order valence-corrected chi connectivity index (χ2v) is 9.40. The molecule has 47 heavy (non-hydrogen) atoms. The Balaban J connectivity index is 1.74. The number of hydrogen-bond donors (Lipinski definition) is 0. The number of ether oxygens (including phenoxy) is 2. The molecule has 0 spiro atoms. The van der Waals surface area contributed by atoms with E-state index in [-0.39, 0.29) is 0 Å². The van der Waals surface area contributed by atoms with E-state index in [4.69, 9.17) is 9.47 Å². The third kappa shape index (κ3) is 6.70. The molecule has 0 aromatic heterocycles. The first kappa shape index (κ1) is 33.6. The number of hydrogen-bond acceptors (Lipinski definition) is 10. The fourth-order valence-electron chi connectivity index (χ4n) is 4.48. The van der Waals surface area contributed by atoms with Crippen molar-refractivity contribution in [2.24, 2.45) is 0 Å². The highest BCUT2D eigenvalue weighted by Gasteiger charge is 2.72. The van der Waals surface area contributed by atoms with Crippen LogP contribution < -0.4 is 9.47 Å². The Hall–Kier alpha value is -6.34. The van der Waals surface area contributed by atoms with Gasteiger partial charge in [0.15, 0.2) is 0 Å². The zero-order chi connectivity index (χ0) is 34.9. The monoisotopic (exact) mass is 668 g/mol. The molecule has 0 atom stereocenters. The maximum absolute atomic E-state index is 14.6. The Labute approximate surface area is 256 Å². The van der Waals surface area contributed by atoms with Gasteiger partial charge in [0.1, 0.15) is 23.0 Å². The van der Waals surface area contributed by atoms with Gasteiger partial charge in [-0.05, 0) is 35.4 Å². The third-order valence-corrected chi connectivity index (χ3v) is 6.49. The molecule has 0 aliphatic carbocycles. The van der Waals surface area contributed by atoms with Gasteiger partial charge in [-0.1, -0.05) is 24.3 Å². The number of nitro groups is 4. The number of non-ortho nitro benzene ring substituents is 4. The maximum atomic E-state index is 14.6. The molecule has 0 fully saturated rings. The maximum Gasteiger partial charge on any atom is 0.411 e. The van der Waals surface area contributed by atoms with E-state index in [0.717, 1.165) is 24.3 Å². The first-order valence-corrected chi connectivity index (χ1v) is 12.4. The Kier molecular flexibility index (Phi) is 8.72. The Morgan fingerprint density at radius 1 is 0.426 bits per heavy atom. The number of halogens is 6. The molecule has 0 aliphatic rings. The van der Waals surface area contributed by atoms with E-state index in [9.17, 15) is 66.8 Å². The van der Waals surface area contributed by atoms with Gasteiger partial charge in [0.05, 0.1) is 56.1 Å². The molecule has 4 aromatic rings. The van der Waals surface area contributed by atoms with Crippen LogP contribution >= 0.6 is 0 Å². The minimum atomic E-state index is -6.02. The quantitative estimate of drug-likeness (QED) is 0.0901. The summed E-state index contributed by atoms with van der Waals surface area (Å²) in [7, 11) is 0. The molecule has 0 heterocycles. The van der Waals surface area contributed by atoms with Crippen LogP contribution in [0.5, 0.6) is 23.0 Å². The summed E-state index contributed by atoms with van der Waals surface area (Å²) in [5.41, 5.74) is -10.4. The molecule has 244 valence electrons. The number of rotatable bonds is 10. The van der Waals surface area contributed by atoms with Gasteiger partial charge in [-0.3, -0.25) is 40.5 Å². The molecule has 0 N–H and O–H groups in total. The van der Waals surface area contributed by atoms with Crippen LogP contribution in [0.15, 0.2) is 84.9 Å². The van der Waals surface area contributed by atoms with Crippen LogP contribution in [0, 0.1) is 40.5 Å². The van der Waals surface area contributed by atoms with Crippen molar-refractivity contribution in [3.05, 3.63) is 137 Å². The minimum absolute atomic E-state index is 0.420. The highest BCUT2D eigenvalue weighted by molar-refractivity contribution is 5.53. The highest BCUT2D eigenvalue weighted by Crippen LogP contribution is 2.56. The van der Waals surface area contributed by atoms with Crippen molar-refractivity contribution in [3.8, 4) is 23.0 Å². The van der Waals surface area contributed by atoms with Crippen molar-refractivity contribution in [2.75, 3.05) is 0 Å². The fourth-order valence-corrected chi connectivity index (χ4v) is 4.48. The predicted octanol–water partition coefficient (Wildman–Crippen LogP) is 8.31. The van der Waals surface area contributed by atoms with Crippen LogP contribution in [0.25, 0.3) is 0 Å². The second kappa shape index (κ2) is 12.2. The van der Waals surface area contributed by atoms with Crippen LogP contribution in [-0.4, -0.2) is 32.0 Å². The SMILES string of the molecule is O=[N+]([O-])c1cc(Oc2ccc(C(c3ccc(Oc4cc([N+](=O)[O-])cc([N+](=O)[O-])c4)cc3)(C(F)(F)F)C(F)(F)F)cc2)cc([N+](=O)[O-])c1. The molecule has 14 nitrogen and oxygen atoms in total. The van der Waals surface area contributed by atoms with E-state index >= 15 is 0 Å². The van der Waals surface area contributed by atoms with E-state index in [1.807, 2.05) is 0 Å². The summed E-state index contributed by atoms with van der Waals surface area (Å²) in [6, 6.07) is 8.78. The number of alkyl halides is 6. The summed E-state index contributed by atoms with van der Waals surface area (Å²) in [5, 5.41) is 44.4. The standard InChI is InChI=1S/C27H14F6N4O10/c28-26(29,30)25(27(31,32)33,15-1-5-21(6-2-15)46-23-11-17(34(38)39)9-18(12-23)35(40)41)16-3-7-22(8-4-16)47-24-13-19(36(42)43)10-20(14-24)37(44)45/h1-14H. The van der Waals surface area contributed by atoms with Crippen molar-refractivity contribution >= 4 is 22.7 Å². The molecule has 20 heteroatoms. The van der Waals surface area contributed by atoms with Crippen molar-refractivity contribution < 1.29 is 55.5 Å². The molecule has 0 saturated heterocycles. The largest absolute Gasteiger partial charge is 0.457 e. The van der Waals surface area contributed by atoms with Gasteiger partial charge in [-0.15, -0.1) is 0 Å². The van der Waals surface area contributed by atoms with Gasteiger partial charge in [0.2, 0.25) is 5.41 Å². The Bertz CT molecular complexity index is 1680. The Morgan fingerprint density at radius 3 is 0.894 bits per heavy atom.